The minimum atomic E-state index is -0.708. The van der Waals surface area contributed by atoms with Crippen LogP contribution >= 0.6 is 11.8 Å². The van der Waals surface area contributed by atoms with E-state index in [1.807, 2.05) is 24.3 Å². The van der Waals surface area contributed by atoms with Gasteiger partial charge in [0.1, 0.15) is 11.8 Å². The fraction of sp³-hybridized carbons (Fsp3) is 0.304. The zero-order valence-corrected chi connectivity index (χ0v) is 19.1. The number of allylic oxidation sites excluding steroid dienone is 1. The van der Waals surface area contributed by atoms with Crippen molar-refractivity contribution in [1.29, 1.82) is 0 Å². The van der Waals surface area contributed by atoms with E-state index >= 15 is 0 Å². The predicted molar refractivity (Wildman–Crippen MR) is 125 cm³/mol. The fourth-order valence-electron chi connectivity index (χ4n) is 3.19. The molecule has 2 aromatic carbocycles. The summed E-state index contributed by atoms with van der Waals surface area (Å²) in [4.78, 5) is 28.4. The number of nitrogens with one attached hydrogen (secondary N) is 1. The molecule has 32 heavy (non-hydrogen) atoms. The van der Waals surface area contributed by atoms with Crippen molar-refractivity contribution >= 4 is 28.6 Å². The molecular weight excluding hydrogens is 430 g/mol. The van der Waals surface area contributed by atoms with Crippen LogP contribution in [-0.4, -0.2) is 29.3 Å². The van der Waals surface area contributed by atoms with E-state index in [4.69, 9.17) is 14.5 Å². The van der Waals surface area contributed by atoms with Gasteiger partial charge in [-0.2, -0.15) is 0 Å². The van der Waals surface area contributed by atoms with E-state index < -0.39 is 16.9 Å². The fourth-order valence-corrected chi connectivity index (χ4v) is 4.09. The first kappa shape index (κ1) is 23.3. The number of amidine groups is 1. The SMILES string of the molecule is COc1ccc(CSC2=NC(c3cccc([N+](=O)[O-])c3)C(C(=O)OC(C)C)=C(C)N2)cc1. The lowest BCUT2D eigenvalue weighted by atomic mass is 9.96. The van der Waals surface area contributed by atoms with Gasteiger partial charge in [-0.25, -0.2) is 9.79 Å². The summed E-state index contributed by atoms with van der Waals surface area (Å²) < 4.78 is 10.6. The Morgan fingerprint density at radius 2 is 1.97 bits per heavy atom. The number of nitro groups is 1. The van der Waals surface area contributed by atoms with E-state index in [1.165, 1.54) is 23.9 Å². The van der Waals surface area contributed by atoms with Crippen LogP contribution in [0.5, 0.6) is 5.75 Å². The lowest BCUT2D eigenvalue weighted by molar-refractivity contribution is -0.384. The summed E-state index contributed by atoms with van der Waals surface area (Å²) in [7, 11) is 1.62. The van der Waals surface area contributed by atoms with Crippen LogP contribution in [0.25, 0.3) is 0 Å². The third kappa shape index (κ3) is 5.67. The van der Waals surface area contributed by atoms with Crippen LogP contribution in [0, 0.1) is 10.1 Å². The molecule has 0 saturated heterocycles. The number of carbonyl (C=O) groups is 1. The van der Waals surface area contributed by atoms with Gasteiger partial charge in [-0.15, -0.1) is 0 Å². The molecule has 0 radical (unpaired) electrons. The number of hydrogen-bond acceptors (Lipinski definition) is 8. The number of rotatable bonds is 7. The van der Waals surface area contributed by atoms with Gasteiger partial charge in [-0.3, -0.25) is 10.1 Å². The molecule has 1 N–H and O–H groups in total. The Bertz CT molecular complexity index is 1060. The molecule has 0 amide bonds. The number of nitrogens with zero attached hydrogens (tertiary/aromatic N) is 2. The van der Waals surface area contributed by atoms with Gasteiger partial charge in [0.15, 0.2) is 5.17 Å². The number of non-ortho nitro benzene ring substituents is 1. The van der Waals surface area contributed by atoms with Gasteiger partial charge >= 0.3 is 5.97 Å². The summed E-state index contributed by atoms with van der Waals surface area (Å²) in [5.74, 6) is 0.936. The van der Waals surface area contributed by atoms with E-state index in [2.05, 4.69) is 5.32 Å². The molecule has 0 saturated carbocycles. The van der Waals surface area contributed by atoms with E-state index in [0.29, 0.717) is 27.8 Å². The van der Waals surface area contributed by atoms with E-state index in [1.54, 1.807) is 40.0 Å². The highest BCUT2D eigenvalue weighted by atomic mass is 32.2. The molecular formula is C23H25N3O5S. The molecule has 1 heterocycles. The average Bonchev–Trinajstić information content (AvgIpc) is 2.77. The van der Waals surface area contributed by atoms with Crippen molar-refractivity contribution in [2.24, 2.45) is 4.99 Å². The van der Waals surface area contributed by atoms with Gasteiger partial charge in [0.25, 0.3) is 5.69 Å². The first-order chi connectivity index (χ1) is 15.3. The number of esters is 1. The lowest BCUT2D eigenvalue weighted by Gasteiger charge is -2.26. The normalized spacial score (nSPS) is 15.8. The van der Waals surface area contributed by atoms with Gasteiger partial charge in [-0.1, -0.05) is 36.0 Å². The van der Waals surface area contributed by atoms with Crippen LogP contribution in [-0.2, 0) is 15.3 Å². The Kier molecular flexibility index (Phi) is 7.53. The van der Waals surface area contributed by atoms with Crippen LogP contribution in [0.2, 0.25) is 0 Å². The minimum Gasteiger partial charge on any atom is -0.497 e. The van der Waals surface area contributed by atoms with Crippen molar-refractivity contribution in [3.8, 4) is 5.75 Å². The number of carbonyl (C=O) groups excluding carboxylic acids is 1. The topological polar surface area (TPSA) is 103 Å². The molecule has 1 atom stereocenters. The second-order valence-electron chi connectivity index (χ2n) is 7.44. The molecule has 0 aliphatic carbocycles. The maximum absolute atomic E-state index is 12.8. The largest absolute Gasteiger partial charge is 0.497 e. The van der Waals surface area contributed by atoms with Gasteiger partial charge in [-0.05, 0) is 44.0 Å². The van der Waals surface area contributed by atoms with Gasteiger partial charge in [0, 0.05) is 23.6 Å². The molecule has 8 nitrogen and oxygen atoms in total. The monoisotopic (exact) mass is 455 g/mol. The highest BCUT2D eigenvalue weighted by Gasteiger charge is 2.31. The Labute approximate surface area is 190 Å². The Hall–Kier alpha value is -3.33. The number of benzene rings is 2. The van der Waals surface area contributed by atoms with Crippen molar-refractivity contribution in [1.82, 2.24) is 5.32 Å². The Morgan fingerprint density at radius 1 is 1.25 bits per heavy atom. The van der Waals surface area contributed by atoms with Crippen LogP contribution in [0.1, 0.15) is 37.9 Å². The van der Waals surface area contributed by atoms with Crippen LogP contribution in [0.4, 0.5) is 5.69 Å². The van der Waals surface area contributed by atoms with Crippen molar-refractivity contribution in [2.75, 3.05) is 7.11 Å². The zero-order chi connectivity index (χ0) is 23.3. The highest BCUT2D eigenvalue weighted by molar-refractivity contribution is 8.13. The lowest BCUT2D eigenvalue weighted by Crippen LogP contribution is -2.31. The number of methoxy groups -OCH3 is 1. The van der Waals surface area contributed by atoms with Crippen LogP contribution < -0.4 is 10.1 Å². The summed E-state index contributed by atoms with van der Waals surface area (Å²) >= 11 is 1.48. The highest BCUT2D eigenvalue weighted by Crippen LogP contribution is 2.35. The summed E-state index contributed by atoms with van der Waals surface area (Å²) in [6.45, 7) is 5.32. The maximum Gasteiger partial charge on any atom is 0.338 e. The second kappa shape index (κ2) is 10.3. The second-order valence-corrected chi connectivity index (χ2v) is 8.41. The van der Waals surface area contributed by atoms with E-state index in [-0.39, 0.29) is 11.8 Å². The number of thioether (sulfide) groups is 1. The molecule has 0 bridgehead atoms. The average molecular weight is 456 g/mol. The summed E-state index contributed by atoms with van der Waals surface area (Å²) in [6, 6.07) is 13.2. The Morgan fingerprint density at radius 3 is 2.59 bits per heavy atom. The molecule has 1 aliphatic heterocycles. The van der Waals surface area contributed by atoms with Crippen LogP contribution in [0.3, 0.4) is 0 Å². The zero-order valence-electron chi connectivity index (χ0n) is 18.3. The maximum atomic E-state index is 12.8. The smallest absolute Gasteiger partial charge is 0.338 e. The summed E-state index contributed by atoms with van der Waals surface area (Å²) in [6.07, 6.45) is -0.302. The molecule has 2 aromatic rings. The van der Waals surface area contributed by atoms with E-state index in [0.717, 1.165) is 11.3 Å². The minimum absolute atomic E-state index is 0.0575. The van der Waals surface area contributed by atoms with Crippen molar-refractivity contribution in [3.63, 3.8) is 0 Å². The number of nitro benzene ring substituents is 1. The Balaban J connectivity index is 1.90. The number of hydrogen-bond donors (Lipinski definition) is 1. The molecule has 0 fully saturated rings. The third-order valence-corrected chi connectivity index (χ3v) is 5.67. The first-order valence-electron chi connectivity index (χ1n) is 10.0. The van der Waals surface area contributed by atoms with Crippen LogP contribution in [0.15, 0.2) is 64.8 Å². The molecule has 1 aliphatic rings. The molecule has 0 aromatic heterocycles. The molecule has 0 spiro atoms. The molecule has 1 unspecified atom stereocenters. The van der Waals surface area contributed by atoms with Gasteiger partial charge in [0.05, 0.1) is 23.7 Å². The van der Waals surface area contributed by atoms with Crippen molar-refractivity contribution in [3.05, 3.63) is 81.0 Å². The third-order valence-electron chi connectivity index (χ3n) is 4.71. The standard InChI is InChI=1S/C23H25N3O5S/c1-14(2)31-22(27)20-15(3)24-23(32-13-16-8-10-19(30-4)11-9-16)25-21(20)17-6-5-7-18(12-17)26(28)29/h5-12,14,21H,13H2,1-4H3,(H,24,25). The van der Waals surface area contributed by atoms with E-state index in [9.17, 15) is 14.9 Å². The number of aliphatic imine (C=N–C) groups is 1. The summed E-state index contributed by atoms with van der Waals surface area (Å²) in [5.41, 5.74) is 2.53. The predicted octanol–water partition coefficient (Wildman–Crippen LogP) is 4.76. The van der Waals surface area contributed by atoms with Gasteiger partial charge < -0.3 is 14.8 Å². The van der Waals surface area contributed by atoms with Crippen molar-refractivity contribution < 1.29 is 19.2 Å². The molecule has 9 heteroatoms. The first-order valence-corrected chi connectivity index (χ1v) is 11.0. The quantitative estimate of drug-likeness (QED) is 0.365. The number of ether oxygens (including phenoxy) is 2. The summed E-state index contributed by atoms with van der Waals surface area (Å²) in [5, 5.41) is 15.1. The molecule has 3 rings (SSSR count). The van der Waals surface area contributed by atoms with Crippen molar-refractivity contribution in [2.45, 2.75) is 38.7 Å². The van der Waals surface area contributed by atoms with Gasteiger partial charge in [0.2, 0.25) is 0 Å². The molecule has 168 valence electrons.